The summed E-state index contributed by atoms with van der Waals surface area (Å²) in [6, 6.07) is 10.3. The first-order chi connectivity index (χ1) is 7.22. The Morgan fingerprint density at radius 1 is 1.20 bits per heavy atom. The zero-order valence-corrected chi connectivity index (χ0v) is 9.73. The summed E-state index contributed by atoms with van der Waals surface area (Å²) >= 11 is 0. The van der Waals surface area contributed by atoms with Gasteiger partial charge in [0.25, 0.3) is 6.47 Å². The molecule has 0 aliphatic rings. The number of hydrogen-bond donors (Lipinski definition) is 2. The Bertz CT molecular complexity index is 210. The first-order valence-electron chi connectivity index (χ1n) is 5.03. The molecule has 0 saturated carbocycles. The minimum Gasteiger partial charge on any atom is -0.483 e. The highest BCUT2D eigenvalue weighted by atomic mass is 16.3. The van der Waals surface area contributed by atoms with E-state index in [0.717, 1.165) is 13.1 Å². The van der Waals surface area contributed by atoms with Crippen molar-refractivity contribution in [2.45, 2.75) is 20.8 Å². The smallest absolute Gasteiger partial charge is 0.290 e. The van der Waals surface area contributed by atoms with E-state index in [0.29, 0.717) is 0 Å². The molecule has 0 heterocycles. The third-order valence-corrected chi connectivity index (χ3v) is 1.44. The molecule has 1 aromatic carbocycles. The summed E-state index contributed by atoms with van der Waals surface area (Å²) in [5.41, 5.74) is 1.32. The fourth-order valence-corrected chi connectivity index (χ4v) is 0.784. The van der Waals surface area contributed by atoms with Gasteiger partial charge in [0.1, 0.15) is 0 Å². The van der Waals surface area contributed by atoms with Crippen LogP contribution in [0.5, 0.6) is 0 Å². The van der Waals surface area contributed by atoms with Crippen LogP contribution in [0.2, 0.25) is 0 Å². The summed E-state index contributed by atoms with van der Waals surface area (Å²) in [7, 11) is 0. The van der Waals surface area contributed by atoms with E-state index in [-0.39, 0.29) is 6.47 Å². The molecule has 3 nitrogen and oxygen atoms in total. The average Bonchev–Trinajstić information content (AvgIpc) is 2.22. The summed E-state index contributed by atoms with van der Waals surface area (Å²) in [6.45, 7) is 8.22. The van der Waals surface area contributed by atoms with Gasteiger partial charge >= 0.3 is 0 Å². The van der Waals surface area contributed by atoms with Crippen molar-refractivity contribution in [1.29, 1.82) is 0 Å². The van der Waals surface area contributed by atoms with Crippen molar-refractivity contribution < 1.29 is 9.90 Å². The van der Waals surface area contributed by atoms with Crippen molar-refractivity contribution >= 4 is 6.47 Å². The predicted molar refractivity (Wildman–Crippen MR) is 64.1 cm³/mol. The number of aryl methyl sites for hydroxylation is 1. The first kappa shape index (κ1) is 16.1. The number of nitrogens with one attached hydrogen (secondary N) is 1. The van der Waals surface area contributed by atoms with Crippen molar-refractivity contribution in [2.75, 3.05) is 13.1 Å². The van der Waals surface area contributed by atoms with Gasteiger partial charge in [0, 0.05) is 0 Å². The van der Waals surface area contributed by atoms with E-state index in [2.05, 4.69) is 38.2 Å². The van der Waals surface area contributed by atoms with E-state index < -0.39 is 0 Å². The molecule has 86 valence electrons. The van der Waals surface area contributed by atoms with Crippen LogP contribution in [0.4, 0.5) is 0 Å². The Morgan fingerprint density at radius 2 is 1.60 bits per heavy atom. The summed E-state index contributed by atoms with van der Waals surface area (Å²) in [5.74, 6) is 0. The molecular formula is C12H21NO2. The number of hydrogen-bond acceptors (Lipinski definition) is 2. The summed E-state index contributed by atoms with van der Waals surface area (Å²) in [5, 5.41) is 10.0. The molecule has 0 atom stereocenters. The Balaban J connectivity index is 0. The SMILES string of the molecule is CCNCC.Cc1ccccc1.O=CO. The van der Waals surface area contributed by atoms with E-state index in [9.17, 15) is 0 Å². The molecule has 0 amide bonds. The normalized spacial score (nSPS) is 7.67. The predicted octanol–water partition coefficient (Wildman–Crippen LogP) is 2.31. The van der Waals surface area contributed by atoms with E-state index in [1.54, 1.807) is 0 Å². The zero-order valence-electron chi connectivity index (χ0n) is 9.73. The van der Waals surface area contributed by atoms with Crippen LogP contribution >= 0.6 is 0 Å². The van der Waals surface area contributed by atoms with Crippen LogP contribution in [0.1, 0.15) is 19.4 Å². The topological polar surface area (TPSA) is 49.3 Å². The molecule has 0 aliphatic heterocycles. The largest absolute Gasteiger partial charge is 0.483 e. The van der Waals surface area contributed by atoms with Crippen LogP contribution in [0.3, 0.4) is 0 Å². The minimum absolute atomic E-state index is 0.250. The van der Waals surface area contributed by atoms with Gasteiger partial charge in [-0.2, -0.15) is 0 Å². The minimum atomic E-state index is -0.250. The van der Waals surface area contributed by atoms with Crippen LogP contribution in [-0.2, 0) is 4.79 Å². The second-order valence-electron chi connectivity index (χ2n) is 2.72. The maximum atomic E-state index is 8.36. The Hall–Kier alpha value is -1.35. The average molecular weight is 211 g/mol. The van der Waals surface area contributed by atoms with Gasteiger partial charge in [-0.1, -0.05) is 49.7 Å². The number of benzene rings is 1. The third kappa shape index (κ3) is 19.2. The molecule has 0 fully saturated rings. The van der Waals surface area contributed by atoms with Gasteiger partial charge in [-0.15, -0.1) is 0 Å². The highest BCUT2D eigenvalue weighted by Crippen LogP contribution is 1.92. The molecule has 0 radical (unpaired) electrons. The molecule has 0 saturated heterocycles. The monoisotopic (exact) mass is 211 g/mol. The van der Waals surface area contributed by atoms with Gasteiger partial charge in [-0.3, -0.25) is 4.79 Å². The number of rotatable bonds is 2. The van der Waals surface area contributed by atoms with Crippen LogP contribution in [0.25, 0.3) is 0 Å². The number of carboxylic acid groups (broad SMARTS) is 1. The van der Waals surface area contributed by atoms with Gasteiger partial charge in [0.15, 0.2) is 0 Å². The lowest BCUT2D eigenvalue weighted by molar-refractivity contribution is -0.122. The number of carbonyl (C=O) groups is 1. The summed E-state index contributed by atoms with van der Waals surface area (Å²) in [6.07, 6.45) is 0. The molecule has 15 heavy (non-hydrogen) atoms. The fraction of sp³-hybridized carbons (Fsp3) is 0.417. The van der Waals surface area contributed by atoms with Crippen molar-refractivity contribution in [3.8, 4) is 0 Å². The Morgan fingerprint density at radius 3 is 1.73 bits per heavy atom. The zero-order chi connectivity index (χ0) is 11.9. The van der Waals surface area contributed by atoms with Crippen LogP contribution in [-0.4, -0.2) is 24.7 Å². The quantitative estimate of drug-likeness (QED) is 0.738. The molecule has 2 N–H and O–H groups in total. The van der Waals surface area contributed by atoms with Crippen molar-refractivity contribution in [3.63, 3.8) is 0 Å². The Labute approximate surface area is 92.1 Å². The molecule has 1 aromatic rings. The lowest BCUT2D eigenvalue weighted by atomic mass is 10.2. The van der Waals surface area contributed by atoms with Gasteiger partial charge in [0.2, 0.25) is 0 Å². The lowest BCUT2D eigenvalue weighted by Crippen LogP contribution is -2.09. The van der Waals surface area contributed by atoms with Crippen LogP contribution in [0, 0.1) is 6.92 Å². The second-order valence-corrected chi connectivity index (χ2v) is 2.72. The summed E-state index contributed by atoms with van der Waals surface area (Å²) < 4.78 is 0. The van der Waals surface area contributed by atoms with E-state index in [1.165, 1.54) is 5.56 Å². The highest BCUT2D eigenvalue weighted by Gasteiger charge is 1.72. The molecular weight excluding hydrogens is 190 g/mol. The second kappa shape index (κ2) is 15.1. The Kier molecular flexibility index (Phi) is 16.2. The summed E-state index contributed by atoms with van der Waals surface area (Å²) in [4.78, 5) is 8.36. The van der Waals surface area contributed by atoms with E-state index >= 15 is 0 Å². The first-order valence-corrected chi connectivity index (χ1v) is 5.03. The molecule has 3 heteroatoms. The molecule has 1 rings (SSSR count). The van der Waals surface area contributed by atoms with Gasteiger partial charge < -0.3 is 10.4 Å². The standard InChI is InChI=1S/C7H8.C4H11N.CH2O2/c1-7-5-3-2-4-6-7;1-3-5-4-2;2-1-3/h2-6H,1H3;5H,3-4H2,1-2H3;1H,(H,2,3). The molecule has 0 bridgehead atoms. The van der Waals surface area contributed by atoms with Gasteiger partial charge in [-0.05, 0) is 20.0 Å². The van der Waals surface area contributed by atoms with E-state index in [1.807, 2.05) is 18.2 Å². The maximum absolute atomic E-state index is 8.36. The lowest BCUT2D eigenvalue weighted by Gasteiger charge is -1.86. The highest BCUT2D eigenvalue weighted by molar-refractivity contribution is 5.32. The third-order valence-electron chi connectivity index (χ3n) is 1.44. The van der Waals surface area contributed by atoms with Crippen LogP contribution in [0.15, 0.2) is 30.3 Å². The van der Waals surface area contributed by atoms with Crippen molar-refractivity contribution in [2.24, 2.45) is 0 Å². The van der Waals surface area contributed by atoms with Crippen LogP contribution < -0.4 is 5.32 Å². The van der Waals surface area contributed by atoms with E-state index in [4.69, 9.17) is 9.90 Å². The molecule has 0 aromatic heterocycles. The van der Waals surface area contributed by atoms with Crippen molar-refractivity contribution in [1.82, 2.24) is 5.32 Å². The van der Waals surface area contributed by atoms with Gasteiger partial charge in [-0.25, -0.2) is 0 Å². The molecule has 0 spiro atoms. The van der Waals surface area contributed by atoms with Crippen molar-refractivity contribution in [3.05, 3.63) is 35.9 Å². The fourth-order valence-electron chi connectivity index (χ4n) is 0.784. The molecule has 0 aliphatic carbocycles. The van der Waals surface area contributed by atoms with Gasteiger partial charge in [0.05, 0.1) is 0 Å². The maximum Gasteiger partial charge on any atom is 0.290 e. The molecule has 0 unspecified atom stereocenters.